The quantitative estimate of drug-likeness (QED) is 0.0213. The Morgan fingerprint density at radius 3 is 1.63 bits per heavy atom. The van der Waals surface area contributed by atoms with E-state index in [1.165, 1.54) is 6.07 Å². The second-order valence-electron chi connectivity index (χ2n) is 18.8. The maximum Gasteiger partial charge on any atom is 0.358 e. The summed E-state index contributed by atoms with van der Waals surface area (Å²) in [6, 6.07) is 11.7. The van der Waals surface area contributed by atoms with E-state index in [0.717, 1.165) is 60.7 Å². The number of aliphatic hydroxyl groups excluding tert-OH is 9. The normalized spacial score (nSPS) is 28.6. The summed E-state index contributed by atoms with van der Waals surface area (Å²) in [6.45, 7) is -2.62. The molecule has 1 aliphatic carbocycles. The lowest BCUT2D eigenvalue weighted by atomic mass is 9.98. The summed E-state index contributed by atoms with van der Waals surface area (Å²) in [4.78, 5) is 48.4. The van der Waals surface area contributed by atoms with Crippen LogP contribution >= 0.6 is 0 Å². The molecule has 1 aromatic heterocycles. The van der Waals surface area contributed by atoms with Crippen molar-refractivity contribution in [1.29, 1.82) is 0 Å². The van der Waals surface area contributed by atoms with Crippen LogP contribution in [0.15, 0.2) is 80.4 Å². The highest BCUT2D eigenvalue weighted by Gasteiger charge is 2.49. The van der Waals surface area contributed by atoms with Gasteiger partial charge >= 0.3 is 17.4 Å². The van der Waals surface area contributed by atoms with E-state index in [2.05, 4.69) is 0 Å². The molecule has 0 radical (unpaired) electrons. The minimum atomic E-state index is -2.06. The number of hydrogen-bond acceptors (Lipinski definition) is 29. The molecule has 4 aliphatic heterocycles. The Labute approximate surface area is 451 Å². The Bertz CT molecular complexity index is 3370. The van der Waals surface area contributed by atoms with Crippen molar-refractivity contribution >= 4 is 22.9 Å². The van der Waals surface area contributed by atoms with Crippen molar-refractivity contribution in [3.63, 3.8) is 0 Å². The number of fused-ring (bicyclic) bond motifs is 2. The highest BCUT2D eigenvalue weighted by Crippen LogP contribution is 2.46. The molecule has 30 nitrogen and oxygen atoms in total. The van der Waals surface area contributed by atoms with Gasteiger partial charge in [-0.1, -0.05) is 0 Å². The van der Waals surface area contributed by atoms with Gasteiger partial charge in [0.05, 0.1) is 18.2 Å². The number of esters is 2. The monoisotopic (exact) mass is 1140 g/mol. The number of carbonyl (C=O) groups is 2. The van der Waals surface area contributed by atoms with Crippen LogP contribution in [0.25, 0.3) is 44.9 Å². The van der Waals surface area contributed by atoms with E-state index in [1.807, 2.05) is 0 Å². The van der Waals surface area contributed by atoms with Crippen LogP contribution in [0.3, 0.4) is 0 Å². The van der Waals surface area contributed by atoms with E-state index in [9.17, 15) is 101 Å². The van der Waals surface area contributed by atoms with Crippen molar-refractivity contribution in [2.45, 2.75) is 98.5 Å². The Kier molecular flexibility index (Phi) is 16.5. The largest absolute Gasteiger partial charge is 0.507 e. The maximum atomic E-state index is 12.8. The van der Waals surface area contributed by atoms with Gasteiger partial charge in [0.2, 0.25) is 12.6 Å². The Balaban J connectivity index is 0.795. The number of rotatable bonds is 15. The zero-order valence-electron chi connectivity index (χ0n) is 41.2. The minimum Gasteiger partial charge on any atom is -0.507 e. The third kappa shape index (κ3) is 11.9. The maximum absolute atomic E-state index is 12.8. The van der Waals surface area contributed by atoms with E-state index in [0.29, 0.717) is 0 Å². The first-order valence-corrected chi connectivity index (χ1v) is 24.1. The zero-order valence-corrected chi connectivity index (χ0v) is 41.2. The van der Waals surface area contributed by atoms with Crippen molar-refractivity contribution in [2.24, 2.45) is 0 Å². The van der Waals surface area contributed by atoms with Gasteiger partial charge in [0.25, 0.3) is 0 Å². The summed E-state index contributed by atoms with van der Waals surface area (Å²) in [5, 5.41) is 168. The fraction of sp³-hybridized carbons (Fsp3) is 0.373. The number of aromatic hydroxyl groups is 7. The third-order valence-electron chi connectivity index (χ3n) is 13.2. The molecule has 3 fully saturated rings. The first kappa shape index (κ1) is 57.6. The molecular formula is C51H51O30+. The molecule has 3 aromatic carbocycles. The van der Waals surface area contributed by atoms with Gasteiger partial charge in [0.15, 0.2) is 62.9 Å². The van der Waals surface area contributed by atoms with Crippen LogP contribution in [0.5, 0.6) is 51.7 Å². The number of ether oxygens (including phenoxy) is 8. The number of hydrogen-bond donors (Lipinski definition) is 16. The highest BCUT2D eigenvalue weighted by molar-refractivity contribution is 5.91. The number of phenols is 7. The number of benzene rings is 4. The van der Waals surface area contributed by atoms with Crippen molar-refractivity contribution in [3.8, 4) is 85.7 Å². The first-order chi connectivity index (χ1) is 38.4. The molecule has 30 heteroatoms. The molecule has 4 aromatic rings. The van der Waals surface area contributed by atoms with Crippen LogP contribution in [0.4, 0.5) is 0 Å². The van der Waals surface area contributed by atoms with Gasteiger partial charge in [-0.25, -0.2) is 0 Å². The molecule has 17 N–H and O–H groups in total. The summed E-state index contributed by atoms with van der Waals surface area (Å²) < 4.78 is 55.6. The molecule has 434 valence electrons. The Hall–Kier alpha value is -8.08. The van der Waals surface area contributed by atoms with Gasteiger partial charge in [0, 0.05) is 35.4 Å². The van der Waals surface area contributed by atoms with E-state index in [1.54, 1.807) is 0 Å². The molecule has 0 saturated carbocycles. The van der Waals surface area contributed by atoms with E-state index in [-0.39, 0.29) is 44.9 Å². The molecule has 0 bridgehead atoms. The fourth-order valence-electron chi connectivity index (χ4n) is 8.86. The molecule has 9 rings (SSSR count). The van der Waals surface area contributed by atoms with Gasteiger partial charge in [-0.2, -0.15) is 0 Å². The molecule has 81 heavy (non-hydrogen) atoms. The van der Waals surface area contributed by atoms with Crippen molar-refractivity contribution in [2.75, 3.05) is 19.8 Å². The van der Waals surface area contributed by atoms with Gasteiger partial charge in [0.1, 0.15) is 122 Å². The lowest BCUT2D eigenvalue weighted by Crippen LogP contribution is -2.62. The molecule has 0 spiro atoms. The van der Waals surface area contributed by atoms with Crippen LogP contribution in [0, 0.1) is 0 Å². The molecule has 5 aliphatic rings. The predicted octanol–water partition coefficient (Wildman–Crippen LogP) is -2.86. The summed E-state index contributed by atoms with van der Waals surface area (Å²) in [5.41, 5.74) is -1.49. The summed E-state index contributed by atoms with van der Waals surface area (Å²) in [5.74, 6) is -8.68. The van der Waals surface area contributed by atoms with Crippen molar-refractivity contribution in [3.05, 3.63) is 82.4 Å². The summed E-state index contributed by atoms with van der Waals surface area (Å²) in [7, 11) is 0. The van der Waals surface area contributed by atoms with Crippen molar-refractivity contribution < 1.29 is 143 Å². The van der Waals surface area contributed by atoms with Gasteiger partial charge < -0.3 is 128 Å². The second kappa shape index (κ2) is 23.2. The Morgan fingerprint density at radius 1 is 0.494 bits per heavy atom. The van der Waals surface area contributed by atoms with Gasteiger partial charge in [-0.3, -0.25) is 19.2 Å². The molecule has 0 amide bonds. The third-order valence-corrected chi connectivity index (χ3v) is 13.2. The van der Waals surface area contributed by atoms with Crippen LogP contribution in [-0.2, 0) is 38.0 Å². The Morgan fingerprint density at radius 2 is 1.04 bits per heavy atom. The standard InChI is InChI=1S/C51H50O30/c52-18-6-22(54)20-10-31(48(77-29(20)7-18)17-4-26(58)38(62)27(59)5-17)78-51-47(71)44(68)41(65)34(81-51)15-74-49-45(69)42(66)39(63)32(79-49)13-72-35(60)12-36(61)73-14-33-40(64)43(67)46(70)50(80-33)75-19-8-24(56)37-25(57)11-28(76-30(37)9-19)16-1-2-21(53)23(55)3-16/h1-11,32-34,39-47,49-51,53-56,58-59,62-71H,12-15H2/p+1/t32-,33-,34-,39-,40-,41-,42+,43+,44+,45-,46-,47-,49-,50-,51-/m1/s1. The van der Waals surface area contributed by atoms with Crippen molar-refractivity contribution in [1.82, 2.24) is 0 Å². The first-order valence-electron chi connectivity index (χ1n) is 24.1. The summed E-state index contributed by atoms with van der Waals surface area (Å²) in [6.07, 6.45) is -29.9. The van der Waals surface area contributed by atoms with Crippen LogP contribution in [-0.4, -0.2) is 210 Å². The van der Waals surface area contributed by atoms with Gasteiger partial charge in [-0.05, 0) is 36.4 Å². The van der Waals surface area contributed by atoms with Gasteiger partial charge in [-0.15, -0.1) is 0 Å². The fourth-order valence-corrected chi connectivity index (χ4v) is 8.86. The SMILES string of the molecule is O=C(CC(=O)OC[C@H]1O[C@@H](Oc2cc(O)c3c(=[OH+])cc(-c4ccc(O)c(O)c4)oc3c2)[C@H](O)[C@@H](O)[C@@H]1O)OC[C@H]1O[C@@H](OC[C@H]2O[C@@H](Oc3cc4c(O)cc(=O)cc-4oc3-c3cc(O)c(O)c(O)c3)[C@H](O)[C@@H](O)[C@@H]2O)[C@H](O)[C@@H](O)[C@@H]1O. The second-order valence-corrected chi connectivity index (χ2v) is 18.8. The lowest BCUT2D eigenvalue weighted by Gasteiger charge is -2.42. The molecule has 3 saturated heterocycles. The zero-order chi connectivity index (χ0) is 58.5. The lowest BCUT2D eigenvalue weighted by molar-refractivity contribution is -0.323. The van der Waals surface area contributed by atoms with E-state index in [4.69, 9.17) is 46.7 Å². The number of aliphatic hydroxyl groups is 9. The van der Waals surface area contributed by atoms with Crippen LogP contribution in [0.1, 0.15) is 6.42 Å². The summed E-state index contributed by atoms with van der Waals surface area (Å²) >= 11 is 0. The average molecular weight is 1140 g/mol. The predicted molar refractivity (Wildman–Crippen MR) is 259 cm³/mol. The molecular weight excluding hydrogens is 1090 g/mol. The minimum absolute atomic E-state index is 0.0383. The van der Waals surface area contributed by atoms with E-state index < -0.39 is 193 Å². The topological polar surface area (TPSA) is 496 Å². The number of phenolic OH excluding ortho intramolecular Hbond substituents is 7. The van der Waals surface area contributed by atoms with Crippen LogP contribution < -0.4 is 20.3 Å². The molecule has 0 unspecified atom stereocenters. The average Bonchev–Trinajstić information content (AvgIpc) is 3.60. The number of carbonyl (C=O) groups excluding carboxylic acids is 2. The van der Waals surface area contributed by atoms with Crippen LogP contribution in [0.2, 0.25) is 0 Å². The smallest absolute Gasteiger partial charge is 0.358 e. The molecule has 15 atom stereocenters. The van der Waals surface area contributed by atoms with E-state index >= 15 is 0 Å². The highest BCUT2D eigenvalue weighted by atomic mass is 16.7. The molecule has 5 heterocycles.